The van der Waals surface area contributed by atoms with E-state index >= 15 is 0 Å². The molecule has 1 aromatic carbocycles. The number of nitrogen functional groups attached to an aromatic ring is 1. The van der Waals surface area contributed by atoms with Crippen molar-refractivity contribution in [1.82, 2.24) is 5.32 Å². The van der Waals surface area contributed by atoms with E-state index in [9.17, 15) is 4.79 Å². The highest BCUT2D eigenvalue weighted by Gasteiger charge is 2.29. The van der Waals surface area contributed by atoms with Crippen LogP contribution in [0.15, 0.2) is 12.1 Å². The molecular weight excluding hydrogens is 295 g/mol. The van der Waals surface area contributed by atoms with E-state index in [-0.39, 0.29) is 22.4 Å². The number of nitrogens with two attached hydrogens (primary N) is 1. The summed E-state index contributed by atoms with van der Waals surface area (Å²) in [6, 6.07) is 3.30. The van der Waals surface area contributed by atoms with Crippen molar-refractivity contribution < 1.29 is 4.79 Å². The van der Waals surface area contributed by atoms with E-state index in [1.807, 2.05) is 0 Å². The molecule has 0 radical (unpaired) electrons. The van der Waals surface area contributed by atoms with E-state index < -0.39 is 0 Å². The van der Waals surface area contributed by atoms with E-state index in [1.165, 1.54) is 6.42 Å². The van der Waals surface area contributed by atoms with Gasteiger partial charge in [-0.15, -0.1) is 0 Å². The molecule has 3 N–H and O–H groups in total. The second-order valence-electron chi connectivity index (χ2n) is 6.30. The highest BCUT2D eigenvalue weighted by atomic mass is 35.5. The number of benzene rings is 1. The molecule has 110 valence electrons. The van der Waals surface area contributed by atoms with Crippen molar-refractivity contribution in [1.29, 1.82) is 0 Å². The minimum Gasteiger partial charge on any atom is -0.399 e. The summed E-state index contributed by atoms with van der Waals surface area (Å²) in [5, 5.41) is 3.61. The van der Waals surface area contributed by atoms with Crippen LogP contribution in [0.1, 0.15) is 49.9 Å². The Hall–Kier alpha value is -0.930. The van der Waals surface area contributed by atoms with Crippen LogP contribution in [-0.4, -0.2) is 11.9 Å². The first-order valence-electron chi connectivity index (χ1n) is 6.84. The van der Waals surface area contributed by atoms with Gasteiger partial charge in [-0.2, -0.15) is 0 Å². The Kier molecular flexibility index (Phi) is 4.50. The molecule has 2 rings (SSSR count). The molecule has 0 aliphatic heterocycles. The maximum Gasteiger partial charge on any atom is 0.253 e. The minimum absolute atomic E-state index is 0.183. The Morgan fingerprint density at radius 1 is 1.40 bits per heavy atom. The standard InChI is InChI=1S/C15H20Cl2N2O/c1-15(2)5-3-4-10(8-15)19-14(20)11-6-9(18)7-12(16)13(11)17/h6-7,10H,3-5,8,18H2,1-2H3,(H,19,20). The smallest absolute Gasteiger partial charge is 0.253 e. The van der Waals surface area contributed by atoms with E-state index in [1.54, 1.807) is 12.1 Å². The first kappa shape index (κ1) is 15.5. The van der Waals surface area contributed by atoms with Gasteiger partial charge in [0.15, 0.2) is 0 Å². The molecule has 1 aliphatic rings. The normalized spacial score (nSPS) is 21.5. The van der Waals surface area contributed by atoms with Crippen LogP contribution in [0.5, 0.6) is 0 Å². The van der Waals surface area contributed by atoms with Crippen LogP contribution in [-0.2, 0) is 0 Å². The second-order valence-corrected chi connectivity index (χ2v) is 7.08. The van der Waals surface area contributed by atoms with Gasteiger partial charge >= 0.3 is 0 Å². The molecule has 1 unspecified atom stereocenters. The van der Waals surface area contributed by atoms with Gasteiger partial charge in [0, 0.05) is 11.7 Å². The molecule has 20 heavy (non-hydrogen) atoms. The lowest BCUT2D eigenvalue weighted by Gasteiger charge is -2.35. The molecule has 1 aromatic rings. The minimum atomic E-state index is -0.202. The van der Waals surface area contributed by atoms with Crippen LogP contribution >= 0.6 is 23.2 Å². The lowest BCUT2D eigenvalue weighted by atomic mass is 9.75. The zero-order valence-electron chi connectivity index (χ0n) is 11.8. The van der Waals surface area contributed by atoms with Crippen molar-refractivity contribution in [2.24, 2.45) is 5.41 Å². The van der Waals surface area contributed by atoms with Gasteiger partial charge in [0.25, 0.3) is 5.91 Å². The summed E-state index contributed by atoms with van der Waals surface area (Å²) in [7, 11) is 0. The average molecular weight is 315 g/mol. The van der Waals surface area contributed by atoms with Crippen molar-refractivity contribution >= 4 is 34.8 Å². The summed E-state index contributed by atoms with van der Waals surface area (Å²) in [5.41, 5.74) is 6.78. The van der Waals surface area contributed by atoms with Crippen LogP contribution in [0.3, 0.4) is 0 Å². The molecule has 1 amide bonds. The number of hydrogen-bond acceptors (Lipinski definition) is 2. The summed E-state index contributed by atoms with van der Waals surface area (Å²) in [4.78, 5) is 12.3. The number of carbonyl (C=O) groups is 1. The molecule has 1 saturated carbocycles. The summed E-state index contributed by atoms with van der Waals surface area (Å²) < 4.78 is 0. The van der Waals surface area contributed by atoms with Crippen LogP contribution in [0.4, 0.5) is 5.69 Å². The highest BCUT2D eigenvalue weighted by molar-refractivity contribution is 6.44. The maximum absolute atomic E-state index is 12.3. The van der Waals surface area contributed by atoms with Crippen LogP contribution < -0.4 is 11.1 Å². The molecule has 0 saturated heterocycles. The Balaban J connectivity index is 2.13. The average Bonchev–Trinajstić information content (AvgIpc) is 2.32. The predicted molar refractivity (Wildman–Crippen MR) is 84.4 cm³/mol. The van der Waals surface area contributed by atoms with Gasteiger partial charge in [-0.3, -0.25) is 4.79 Å². The summed E-state index contributed by atoms with van der Waals surface area (Å²) in [6.07, 6.45) is 4.31. The predicted octanol–water partition coefficient (Wildman–Crippen LogP) is 4.27. The highest BCUT2D eigenvalue weighted by Crippen LogP contribution is 2.35. The van der Waals surface area contributed by atoms with Crippen LogP contribution in [0.25, 0.3) is 0 Å². The third-order valence-corrected chi connectivity index (χ3v) is 4.64. The first-order valence-corrected chi connectivity index (χ1v) is 7.59. The SMILES string of the molecule is CC1(C)CCCC(NC(=O)c2cc(N)cc(Cl)c2Cl)C1. The Bertz CT molecular complexity index is 529. The fourth-order valence-corrected chi connectivity index (χ4v) is 3.28. The monoisotopic (exact) mass is 314 g/mol. The van der Waals surface area contributed by atoms with Crippen LogP contribution in [0.2, 0.25) is 10.0 Å². The van der Waals surface area contributed by atoms with E-state index in [2.05, 4.69) is 19.2 Å². The molecule has 1 fully saturated rings. The van der Waals surface area contributed by atoms with E-state index in [0.29, 0.717) is 16.3 Å². The quantitative estimate of drug-likeness (QED) is 0.801. The summed E-state index contributed by atoms with van der Waals surface area (Å²) in [5.74, 6) is -0.202. The Morgan fingerprint density at radius 3 is 2.75 bits per heavy atom. The fourth-order valence-electron chi connectivity index (χ4n) is 2.86. The van der Waals surface area contributed by atoms with Gasteiger partial charge in [-0.1, -0.05) is 43.5 Å². The van der Waals surface area contributed by atoms with Gasteiger partial charge in [-0.05, 0) is 36.8 Å². The van der Waals surface area contributed by atoms with Gasteiger partial charge < -0.3 is 11.1 Å². The molecular formula is C15H20Cl2N2O. The number of halogens is 2. The number of nitrogens with one attached hydrogen (secondary N) is 1. The number of carbonyl (C=O) groups excluding carboxylic acids is 1. The number of anilines is 1. The largest absolute Gasteiger partial charge is 0.399 e. The van der Waals surface area contributed by atoms with Gasteiger partial charge in [-0.25, -0.2) is 0 Å². The lowest BCUT2D eigenvalue weighted by molar-refractivity contribution is 0.0903. The summed E-state index contributed by atoms with van der Waals surface area (Å²) >= 11 is 12.0. The molecule has 0 aromatic heterocycles. The third-order valence-electron chi connectivity index (χ3n) is 3.84. The van der Waals surface area contributed by atoms with Crippen LogP contribution in [0, 0.1) is 5.41 Å². The zero-order valence-corrected chi connectivity index (χ0v) is 13.3. The van der Waals surface area contributed by atoms with Crippen molar-refractivity contribution in [3.8, 4) is 0 Å². The van der Waals surface area contributed by atoms with Gasteiger partial charge in [0.2, 0.25) is 0 Å². The zero-order chi connectivity index (χ0) is 14.9. The number of hydrogen-bond donors (Lipinski definition) is 2. The topological polar surface area (TPSA) is 55.1 Å². The summed E-state index contributed by atoms with van der Waals surface area (Å²) in [6.45, 7) is 4.46. The molecule has 1 aliphatic carbocycles. The maximum atomic E-state index is 12.3. The Morgan fingerprint density at radius 2 is 2.10 bits per heavy atom. The van der Waals surface area contributed by atoms with Crippen molar-refractivity contribution in [2.45, 2.75) is 45.6 Å². The second kappa shape index (κ2) is 5.82. The molecule has 3 nitrogen and oxygen atoms in total. The number of amides is 1. The third kappa shape index (κ3) is 3.58. The lowest BCUT2D eigenvalue weighted by Crippen LogP contribution is -2.40. The Labute approximate surface area is 129 Å². The van der Waals surface area contributed by atoms with Gasteiger partial charge in [0.05, 0.1) is 15.6 Å². The molecule has 0 heterocycles. The molecule has 0 bridgehead atoms. The van der Waals surface area contributed by atoms with E-state index in [0.717, 1.165) is 19.3 Å². The van der Waals surface area contributed by atoms with Crippen molar-refractivity contribution in [3.05, 3.63) is 27.7 Å². The molecule has 5 heteroatoms. The van der Waals surface area contributed by atoms with Crippen molar-refractivity contribution in [2.75, 3.05) is 5.73 Å². The van der Waals surface area contributed by atoms with Gasteiger partial charge in [0.1, 0.15) is 0 Å². The number of rotatable bonds is 2. The molecule has 1 atom stereocenters. The van der Waals surface area contributed by atoms with E-state index in [4.69, 9.17) is 28.9 Å². The van der Waals surface area contributed by atoms with Crippen molar-refractivity contribution in [3.63, 3.8) is 0 Å². The fraction of sp³-hybridized carbons (Fsp3) is 0.533. The molecule has 0 spiro atoms. The first-order chi connectivity index (χ1) is 9.28.